The van der Waals surface area contributed by atoms with Gasteiger partial charge in [0.05, 0.1) is 0 Å². The van der Waals surface area contributed by atoms with Crippen LogP contribution in [0.25, 0.3) is 0 Å². The third-order valence-electron chi connectivity index (χ3n) is 1.25. The molecule has 0 unspecified atom stereocenters. The molecule has 7 heteroatoms. The molecule has 0 aromatic rings. The van der Waals surface area contributed by atoms with Crippen molar-refractivity contribution in [3.63, 3.8) is 0 Å². The Morgan fingerprint density at radius 2 is 2.31 bits per heavy atom. The second-order valence-corrected chi connectivity index (χ2v) is 5.00. The highest BCUT2D eigenvalue weighted by atomic mass is 28.3. The van der Waals surface area contributed by atoms with Gasteiger partial charge in [-0.2, -0.15) is 0 Å². The predicted molar refractivity (Wildman–Crippen MR) is 48.4 cm³/mol. The number of carbonyl (C=O) groups excluding carboxylic acids is 1. The smallest absolute Gasteiger partial charge is 0.409 e. The largest absolute Gasteiger partial charge is 0.456 e. The van der Waals surface area contributed by atoms with Gasteiger partial charge < -0.3 is 13.8 Å². The lowest BCUT2D eigenvalue weighted by molar-refractivity contribution is 0.108. The number of rotatable bonds is 5. The first-order valence-corrected chi connectivity index (χ1v) is 6.24. The van der Waals surface area contributed by atoms with Gasteiger partial charge in [0, 0.05) is 13.2 Å². The first-order valence-electron chi connectivity index (χ1n) is 3.71. The van der Waals surface area contributed by atoms with Gasteiger partial charge in [0.15, 0.2) is 0 Å². The van der Waals surface area contributed by atoms with E-state index < -0.39 is 21.8 Å². The van der Waals surface area contributed by atoms with Crippen LogP contribution in [0.5, 0.6) is 0 Å². The second-order valence-electron chi connectivity index (χ2n) is 2.46. The van der Waals surface area contributed by atoms with Crippen LogP contribution in [-0.4, -0.2) is 57.0 Å². The van der Waals surface area contributed by atoms with Crippen LogP contribution in [-0.2, 0) is 8.85 Å². The van der Waals surface area contributed by atoms with E-state index >= 15 is 0 Å². The third-order valence-corrected chi connectivity index (χ3v) is 3.56. The zero-order valence-corrected chi connectivity index (χ0v) is 9.67. The van der Waals surface area contributed by atoms with E-state index in [4.69, 9.17) is 4.12 Å². The van der Waals surface area contributed by atoms with Crippen molar-refractivity contribution in [3.8, 4) is 0 Å². The second kappa shape index (κ2) is 7.04. The highest BCUT2D eigenvalue weighted by Crippen LogP contribution is 1.93. The number of nitrogens with zero attached hydrogens (tertiary/aromatic N) is 1. The predicted octanol–water partition coefficient (Wildman–Crippen LogP) is 0.285. The van der Waals surface area contributed by atoms with Crippen molar-refractivity contribution in [2.24, 2.45) is 0 Å². The summed E-state index contributed by atoms with van der Waals surface area (Å²) in [5.74, 6) is 0. The monoisotopic (exact) mass is 221 g/mol. The minimum atomic E-state index is -1.05. The van der Waals surface area contributed by atoms with Gasteiger partial charge in [-0.1, -0.05) is 0 Å². The summed E-state index contributed by atoms with van der Waals surface area (Å²) < 4.78 is 21.0. The molecule has 13 heavy (non-hydrogen) atoms. The van der Waals surface area contributed by atoms with Crippen molar-refractivity contribution in [1.82, 2.24) is 4.90 Å². The van der Waals surface area contributed by atoms with Crippen LogP contribution in [0.2, 0.25) is 6.55 Å². The van der Waals surface area contributed by atoms with Gasteiger partial charge in [0.25, 0.3) is 0 Å². The lowest BCUT2D eigenvalue weighted by atomic mass is 10.8. The average molecular weight is 221 g/mol. The summed E-state index contributed by atoms with van der Waals surface area (Å²) in [6.45, 7) is 1.04. The van der Waals surface area contributed by atoms with E-state index in [-0.39, 0.29) is 6.61 Å². The van der Waals surface area contributed by atoms with Crippen molar-refractivity contribution in [3.05, 3.63) is 0 Å². The molecule has 0 saturated carbocycles. The van der Waals surface area contributed by atoms with Crippen molar-refractivity contribution < 1.29 is 18.0 Å². The van der Waals surface area contributed by atoms with Gasteiger partial charge in [0.1, 0.15) is 13.3 Å². The van der Waals surface area contributed by atoms with Gasteiger partial charge >= 0.3 is 6.09 Å². The number of hydrogen-bond acceptors (Lipinski definition) is 3. The first-order chi connectivity index (χ1) is 6.11. The van der Waals surface area contributed by atoms with E-state index in [9.17, 15) is 9.18 Å². The fraction of sp³-hybridized carbons (Fsp3) is 0.833. The van der Waals surface area contributed by atoms with Crippen LogP contribution in [0.4, 0.5) is 9.18 Å². The maximum Gasteiger partial charge on any atom is 0.409 e. The molecular formula is C6H12FNO3Si2. The number of alkyl halides is 1. The molecule has 0 aromatic heterocycles. The lowest BCUT2D eigenvalue weighted by Crippen LogP contribution is -2.37. The molecule has 0 fully saturated rings. The highest BCUT2D eigenvalue weighted by Gasteiger charge is 2.14. The van der Waals surface area contributed by atoms with Crippen LogP contribution < -0.4 is 0 Å². The Bertz CT molecular complexity index is 161. The fourth-order valence-corrected chi connectivity index (χ4v) is 1.72. The summed E-state index contributed by atoms with van der Waals surface area (Å²) in [6.07, 6.45) is -0.0371. The van der Waals surface area contributed by atoms with Gasteiger partial charge in [-0.25, -0.2) is 9.18 Å². The number of amides is 1. The Morgan fingerprint density at radius 1 is 1.69 bits per heavy atom. The van der Waals surface area contributed by atoms with Crippen LogP contribution in [0.15, 0.2) is 0 Å². The number of carbonyl (C=O) groups is 1. The zero-order valence-electron chi connectivity index (χ0n) is 7.67. The first kappa shape index (κ1) is 12.6. The van der Waals surface area contributed by atoms with Gasteiger partial charge in [0.2, 0.25) is 19.5 Å². The molecule has 1 amide bonds. The Balaban J connectivity index is 3.68. The minimum Gasteiger partial charge on any atom is -0.456 e. The summed E-state index contributed by atoms with van der Waals surface area (Å²) in [6, 6.07) is 0. The Morgan fingerprint density at radius 3 is 2.77 bits per heavy atom. The molecule has 0 rings (SSSR count). The van der Waals surface area contributed by atoms with Crippen molar-refractivity contribution >= 4 is 25.6 Å². The Kier molecular flexibility index (Phi) is 6.82. The lowest BCUT2D eigenvalue weighted by Gasteiger charge is -2.18. The molecule has 0 aliphatic carbocycles. The molecule has 0 bridgehead atoms. The van der Waals surface area contributed by atoms with Crippen molar-refractivity contribution in [1.29, 1.82) is 0 Å². The Labute approximate surface area is 82.3 Å². The topological polar surface area (TPSA) is 38.8 Å². The van der Waals surface area contributed by atoms with Gasteiger partial charge in [-0.15, -0.1) is 0 Å². The van der Waals surface area contributed by atoms with Gasteiger partial charge in [-0.3, -0.25) is 0 Å². The highest BCUT2D eigenvalue weighted by molar-refractivity contribution is 6.54. The maximum atomic E-state index is 11.6. The molecule has 0 N–H and O–H groups in total. The van der Waals surface area contributed by atoms with Crippen LogP contribution in [0.3, 0.4) is 0 Å². The number of halogens is 1. The van der Waals surface area contributed by atoms with E-state index in [1.165, 1.54) is 4.90 Å². The standard InChI is InChI=1S/C6H12FNO3Si2/c1-8(5-13(2)11-12)6(9)10-4-3-7/h3-5H2,1-2H3. The molecular weight excluding hydrogens is 209 g/mol. The van der Waals surface area contributed by atoms with Crippen LogP contribution in [0, 0.1) is 0 Å². The SMILES string of the molecule is CN(C[Si](C)O[Si])C(=O)OCCF. The summed E-state index contributed by atoms with van der Waals surface area (Å²) in [5, 5.41) is 0. The average Bonchev–Trinajstić information content (AvgIpc) is 2.13. The maximum absolute atomic E-state index is 11.6. The third kappa shape index (κ3) is 5.77. The Hall–Kier alpha value is -0.406. The van der Waals surface area contributed by atoms with E-state index in [0.717, 1.165) is 0 Å². The number of hydrogen-bond donors (Lipinski definition) is 0. The normalized spacial score (nSPS) is 10.2. The quantitative estimate of drug-likeness (QED) is 0.626. The van der Waals surface area contributed by atoms with Crippen LogP contribution in [0.1, 0.15) is 0 Å². The summed E-state index contributed by atoms with van der Waals surface area (Å²) in [4.78, 5) is 12.4. The molecule has 0 aliphatic heterocycles. The summed E-state index contributed by atoms with van der Waals surface area (Å²) in [7, 11) is 3.43. The van der Waals surface area contributed by atoms with Gasteiger partial charge in [-0.05, 0) is 6.55 Å². The molecule has 0 heterocycles. The molecule has 0 spiro atoms. The van der Waals surface area contributed by atoms with E-state index in [1.807, 2.05) is 6.55 Å². The molecule has 0 aromatic carbocycles. The molecule has 0 aliphatic rings. The van der Waals surface area contributed by atoms with Crippen molar-refractivity contribution in [2.45, 2.75) is 6.55 Å². The van der Waals surface area contributed by atoms with Crippen LogP contribution >= 0.6 is 0 Å². The number of ether oxygens (including phenoxy) is 1. The molecule has 0 saturated heterocycles. The van der Waals surface area contributed by atoms with Crippen molar-refractivity contribution in [2.75, 3.05) is 26.5 Å². The summed E-state index contributed by atoms with van der Waals surface area (Å²) in [5.41, 5.74) is 0. The molecule has 0 atom stereocenters. The molecule has 74 valence electrons. The molecule has 4 radical (unpaired) electrons. The van der Waals surface area contributed by atoms with E-state index in [2.05, 4.69) is 15.2 Å². The zero-order chi connectivity index (χ0) is 10.3. The van der Waals surface area contributed by atoms with E-state index in [1.54, 1.807) is 7.05 Å². The molecule has 4 nitrogen and oxygen atoms in total. The summed E-state index contributed by atoms with van der Waals surface area (Å²) >= 11 is 0. The van der Waals surface area contributed by atoms with E-state index in [0.29, 0.717) is 6.17 Å². The minimum absolute atomic E-state index is 0.191. The fourth-order valence-electron chi connectivity index (χ4n) is 0.667.